The number of rotatable bonds is 2. The van der Waals surface area contributed by atoms with Crippen LogP contribution in [-0.4, -0.2) is 64.1 Å². The molecular formula is C14H24N2O3S. The molecule has 1 N–H and O–H groups in total. The van der Waals surface area contributed by atoms with Crippen molar-refractivity contribution in [2.75, 3.05) is 25.1 Å². The van der Waals surface area contributed by atoms with Crippen LogP contribution in [0.3, 0.4) is 0 Å². The Balaban J connectivity index is 1.99. The van der Waals surface area contributed by atoms with Gasteiger partial charge in [0.1, 0.15) is 6.04 Å². The second-order valence-corrected chi connectivity index (χ2v) is 7.08. The fraction of sp³-hybridized carbons (Fsp3) is 0.857. The zero-order valence-electron chi connectivity index (χ0n) is 12.2. The van der Waals surface area contributed by atoms with Crippen LogP contribution in [0.1, 0.15) is 32.6 Å². The smallest absolute Gasteiger partial charge is 0.327 e. The zero-order valence-corrected chi connectivity index (χ0v) is 13.1. The lowest BCUT2D eigenvalue weighted by Crippen LogP contribution is -2.56. The maximum absolute atomic E-state index is 12.6. The van der Waals surface area contributed by atoms with Crippen molar-refractivity contribution < 1.29 is 14.7 Å². The lowest BCUT2D eigenvalue weighted by molar-refractivity contribution is -0.141. The summed E-state index contributed by atoms with van der Waals surface area (Å²) in [6.45, 7) is 2.79. The Morgan fingerprint density at radius 1 is 1.25 bits per heavy atom. The second-order valence-electron chi connectivity index (χ2n) is 5.93. The molecule has 0 aromatic heterocycles. The molecule has 0 radical (unpaired) electrons. The van der Waals surface area contributed by atoms with Crippen molar-refractivity contribution in [1.29, 1.82) is 0 Å². The van der Waals surface area contributed by atoms with Crippen LogP contribution in [0.2, 0.25) is 0 Å². The van der Waals surface area contributed by atoms with E-state index in [-0.39, 0.29) is 12.1 Å². The van der Waals surface area contributed by atoms with E-state index in [1.165, 1.54) is 4.90 Å². The first-order chi connectivity index (χ1) is 9.50. The van der Waals surface area contributed by atoms with Crippen molar-refractivity contribution in [3.63, 3.8) is 0 Å². The number of thioether (sulfide) groups is 1. The molecule has 0 aromatic carbocycles. The van der Waals surface area contributed by atoms with Crippen molar-refractivity contribution in [2.45, 2.75) is 44.7 Å². The minimum Gasteiger partial charge on any atom is -0.480 e. The van der Waals surface area contributed by atoms with Crippen LogP contribution in [0.25, 0.3) is 0 Å². The summed E-state index contributed by atoms with van der Waals surface area (Å²) in [6, 6.07) is -0.522. The molecule has 1 unspecified atom stereocenters. The first-order valence-electron chi connectivity index (χ1n) is 7.34. The number of hydrogen-bond acceptors (Lipinski definition) is 3. The highest BCUT2D eigenvalue weighted by Gasteiger charge is 2.36. The molecule has 114 valence electrons. The Hall–Kier alpha value is -0.910. The quantitative estimate of drug-likeness (QED) is 0.848. The predicted octanol–water partition coefficient (Wildman–Crippen LogP) is 2.12. The van der Waals surface area contributed by atoms with E-state index in [4.69, 9.17) is 0 Å². The van der Waals surface area contributed by atoms with E-state index in [1.54, 1.807) is 16.7 Å². The standard InChI is InChI=1S/C14H24N2O3S/c1-10-3-5-11(6-4-10)15(2)14(19)16-7-8-20-9-12(16)13(17)18/h10-12H,3-9H2,1-2H3,(H,17,18). The maximum Gasteiger partial charge on any atom is 0.327 e. The second kappa shape index (κ2) is 6.70. The number of nitrogens with zero attached hydrogens (tertiary/aromatic N) is 2. The number of hydrogen-bond donors (Lipinski definition) is 1. The van der Waals surface area contributed by atoms with Crippen molar-refractivity contribution >= 4 is 23.8 Å². The lowest BCUT2D eigenvalue weighted by atomic mass is 9.87. The molecule has 20 heavy (non-hydrogen) atoms. The highest BCUT2D eigenvalue weighted by atomic mass is 32.2. The van der Waals surface area contributed by atoms with Crippen LogP contribution >= 0.6 is 11.8 Å². The molecule has 1 atom stereocenters. The Morgan fingerprint density at radius 2 is 1.90 bits per heavy atom. The molecular weight excluding hydrogens is 276 g/mol. The van der Waals surface area contributed by atoms with E-state index in [0.717, 1.165) is 37.4 Å². The van der Waals surface area contributed by atoms with E-state index in [9.17, 15) is 14.7 Å². The fourth-order valence-electron chi connectivity index (χ4n) is 3.03. The van der Waals surface area contributed by atoms with Gasteiger partial charge in [0.05, 0.1) is 0 Å². The van der Waals surface area contributed by atoms with Gasteiger partial charge in [-0.2, -0.15) is 11.8 Å². The molecule has 1 saturated heterocycles. The van der Waals surface area contributed by atoms with E-state index < -0.39 is 12.0 Å². The van der Waals surface area contributed by atoms with Crippen molar-refractivity contribution in [1.82, 2.24) is 9.80 Å². The number of carbonyl (C=O) groups is 2. The summed E-state index contributed by atoms with van der Waals surface area (Å²) in [7, 11) is 1.82. The molecule has 5 nitrogen and oxygen atoms in total. The topological polar surface area (TPSA) is 60.9 Å². The molecule has 6 heteroatoms. The third-order valence-corrected chi connectivity index (χ3v) is 5.52. The minimum absolute atomic E-state index is 0.114. The molecule has 2 fully saturated rings. The van der Waals surface area contributed by atoms with Gasteiger partial charge in [-0.1, -0.05) is 6.92 Å². The highest BCUT2D eigenvalue weighted by molar-refractivity contribution is 7.99. The summed E-state index contributed by atoms with van der Waals surface area (Å²) in [5, 5.41) is 9.26. The molecule has 1 aliphatic carbocycles. The van der Waals surface area contributed by atoms with Gasteiger partial charge in [0, 0.05) is 31.1 Å². The van der Waals surface area contributed by atoms with Crippen LogP contribution < -0.4 is 0 Å². The summed E-state index contributed by atoms with van der Waals surface area (Å²) < 4.78 is 0. The van der Waals surface area contributed by atoms with Gasteiger partial charge in [-0.15, -0.1) is 0 Å². The Labute approximate surface area is 124 Å². The number of urea groups is 1. The molecule has 1 aliphatic heterocycles. The van der Waals surface area contributed by atoms with Gasteiger partial charge in [0.15, 0.2) is 0 Å². The fourth-order valence-corrected chi connectivity index (χ4v) is 4.06. The SMILES string of the molecule is CC1CCC(N(C)C(=O)N2CCSCC2C(=O)O)CC1. The van der Waals surface area contributed by atoms with Gasteiger partial charge in [-0.3, -0.25) is 0 Å². The van der Waals surface area contributed by atoms with E-state index in [0.29, 0.717) is 12.3 Å². The molecule has 2 amide bonds. The van der Waals surface area contributed by atoms with E-state index in [1.807, 2.05) is 7.05 Å². The van der Waals surface area contributed by atoms with Gasteiger partial charge < -0.3 is 14.9 Å². The Morgan fingerprint density at radius 3 is 2.50 bits per heavy atom. The molecule has 0 spiro atoms. The number of carboxylic acid groups (broad SMARTS) is 1. The first kappa shape index (κ1) is 15.5. The molecule has 2 aliphatic rings. The Bertz CT molecular complexity index is 369. The molecule has 0 bridgehead atoms. The highest BCUT2D eigenvalue weighted by Crippen LogP contribution is 2.28. The van der Waals surface area contributed by atoms with Crippen LogP contribution in [0.4, 0.5) is 4.79 Å². The summed E-state index contributed by atoms with van der Waals surface area (Å²) in [4.78, 5) is 27.2. The average Bonchev–Trinajstić information content (AvgIpc) is 2.46. The zero-order chi connectivity index (χ0) is 14.7. The van der Waals surface area contributed by atoms with Crippen molar-refractivity contribution in [2.24, 2.45) is 5.92 Å². The van der Waals surface area contributed by atoms with Crippen LogP contribution in [-0.2, 0) is 4.79 Å². The van der Waals surface area contributed by atoms with E-state index in [2.05, 4.69) is 6.92 Å². The lowest BCUT2D eigenvalue weighted by Gasteiger charge is -2.40. The number of aliphatic carboxylic acids is 1. The van der Waals surface area contributed by atoms with E-state index >= 15 is 0 Å². The van der Waals surface area contributed by atoms with Crippen molar-refractivity contribution in [3.8, 4) is 0 Å². The van der Waals surface area contributed by atoms with Gasteiger partial charge in [-0.05, 0) is 31.6 Å². The normalized spacial score (nSPS) is 30.9. The minimum atomic E-state index is -0.892. The summed E-state index contributed by atoms with van der Waals surface area (Å²) in [5.74, 6) is 1.17. The number of carbonyl (C=O) groups excluding carboxylic acids is 1. The molecule has 2 rings (SSSR count). The first-order valence-corrected chi connectivity index (χ1v) is 8.50. The van der Waals surface area contributed by atoms with Gasteiger partial charge in [0.25, 0.3) is 0 Å². The largest absolute Gasteiger partial charge is 0.480 e. The summed E-state index contributed by atoms with van der Waals surface area (Å²) in [5.41, 5.74) is 0. The average molecular weight is 300 g/mol. The van der Waals surface area contributed by atoms with Gasteiger partial charge in [-0.25, -0.2) is 9.59 Å². The third-order valence-electron chi connectivity index (χ3n) is 4.49. The van der Waals surface area contributed by atoms with Gasteiger partial charge in [0.2, 0.25) is 0 Å². The summed E-state index contributed by atoms with van der Waals surface area (Å²) in [6.07, 6.45) is 4.37. The van der Waals surface area contributed by atoms with Crippen LogP contribution in [0.5, 0.6) is 0 Å². The predicted molar refractivity (Wildman–Crippen MR) is 80.0 cm³/mol. The van der Waals surface area contributed by atoms with Crippen LogP contribution in [0.15, 0.2) is 0 Å². The van der Waals surface area contributed by atoms with Crippen LogP contribution in [0, 0.1) is 5.92 Å². The van der Waals surface area contributed by atoms with Crippen molar-refractivity contribution in [3.05, 3.63) is 0 Å². The molecule has 0 aromatic rings. The molecule has 1 saturated carbocycles. The maximum atomic E-state index is 12.6. The van der Waals surface area contributed by atoms with Gasteiger partial charge >= 0.3 is 12.0 Å². The Kier molecular flexibility index (Phi) is 5.18. The number of amides is 2. The third kappa shape index (κ3) is 3.40. The monoisotopic (exact) mass is 300 g/mol. The molecule has 1 heterocycles. The number of carboxylic acids is 1. The summed E-state index contributed by atoms with van der Waals surface area (Å²) >= 11 is 1.61.